The van der Waals surface area contributed by atoms with Gasteiger partial charge in [0.2, 0.25) is 0 Å². The molecule has 110 valence electrons. The van der Waals surface area contributed by atoms with Gasteiger partial charge in [-0.2, -0.15) is 0 Å². The Morgan fingerprint density at radius 3 is 2.38 bits per heavy atom. The maximum absolute atomic E-state index is 11.7. The number of hydrogen-bond donors (Lipinski definition) is 0. The van der Waals surface area contributed by atoms with Crippen LogP contribution in [0.1, 0.15) is 12.5 Å². The molecule has 0 aromatic heterocycles. The highest BCUT2D eigenvalue weighted by Crippen LogP contribution is 2.17. The normalized spacial score (nSPS) is 10.0. The van der Waals surface area contributed by atoms with E-state index >= 15 is 0 Å². The number of carbonyl (C=O) groups excluding carboxylic acids is 1. The SMILES string of the molecule is CCc1cccc(OCC(=O)Oc2ccc(OC)cc2)c1. The summed E-state index contributed by atoms with van der Waals surface area (Å²) in [5, 5.41) is 0. The van der Waals surface area contributed by atoms with E-state index in [2.05, 4.69) is 6.92 Å². The number of carbonyl (C=O) groups is 1. The molecule has 4 heteroatoms. The van der Waals surface area contributed by atoms with E-state index in [1.54, 1.807) is 31.4 Å². The zero-order valence-electron chi connectivity index (χ0n) is 12.2. The van der Waals surface area contributed by atoms with Crippen LogP contribution < -0.4 is 14.2 Å². The van der Waals surface area contributed by atoms with Gasteiger partial charge in [-0.25, -0.2) is 4.79 Å². The zero-order valence-corrected chi connectivity index (χ0v) is 12.2. The van der Waals surface area contributed by atoms with Crippen LogP contribution in [0.3, 0.4) is 0 Å². The minimum Gasteiger partial charge on any atom is -0.497 e. The number of esters is 1. The zero-order chi connectivity index (χ0) is 15.1. The maximum Gasteiger partial charge on any atom is 0.349 e. The van der Waals surface area contributed by atoms with E-state index in [9.17, 15) is 4.79 Å². The first kappa shape index (κ1) is 14.9. The predicted molar refractivity (Wildman–Crippen MR) is 79.9 cm³/mol. The molecule has 0 spiro atoms. The van der Waals surface area contributed by atoms with Gasteiger partial charge in [-0.15, -0.1) is 0 Å². The van der Waals surface area contributed by atoms with Gasteiger partial charge in [0.05, 0.1) is 7.11 Å². The number of methoxy groups -OCH3 is 1. The van der Waals surface area contributed by atoms with Gasteiger partial charge in [0.25, 0.3) is 0 Å². The molecule has 0 atom stereocenters. The molecule has 4 nitrogen and oxygen atoms in total. The van der Waals surface area contributed by atoms with Crippen molar-refractivity contribution in [3.63, 3.8) is 0 Å². The van der Waals surface area contributed by atoms with Gasteiger partial charge in [-0.3, -0.25) is 0 Å². The van der Waals surface area contributed by atoms with Crippen LogP contribution in [-0.4, -0.2) is 19.7 Å². The van der Waals surface area contributed by atoms with Crippen molar-refractivity contribution < 1.29 is 19.0 Å². The van der Waals surface area contributed by atoms with Gasteiger partial charge in [0.1, 0.15) is 17.2 Å². The van der Waals surface area contributed by atoms with Crippen LogP contribution in [-0.2, 0) is 11.2 Å². The van der Waals surface area contributed by atoms with Crippen molar-refractivity contribution in [1.82, 2.24) is 0 Å². The Bertz CT molecular complexity index is 590. The van der Waals surface area contributed by atoms with Crippen molar-refractivity contribution in [3.05, 3.63) is 54.1 Å². The number of hydrogen-bond acceptors (Lipinski definition) is 4. The van der Waals surface area contributed by atoms with E-state index in [-0.39, 0.29) is 6.61 Å². The molecule has 0 N–H and O–H groups in total. The van der Waals surface area contributed by atoms with E-state index in [0.29, 0.717) is 17.2 Å². The number of rotatable bonds is 6. The van der Waals surface area contributed by atoms with Gasteiger partial charge in [-0.1, -0.05) is 19.1 Å². The average molecular weight is 286 g/mol. The van der Waals surface area contributed by atoms with Crippen LogP contribution in [0.2, 0.25) is 0 Å². The topological polar surface area (TPSA) is 44.8 Å². The molecule has 0 bridgehead atoms. The summed E-state index contributed by atoms with van der Waals surface area (Å²) in [6, 6.07) is 14.5. The molecular formula is C17H18O4. The Balaban J connectivity index is 1.86. The fourth-order valence-corrected chi connectivity index (χ4v) is 1.80. The summed E-state index contributed by atoms with van der Waals surface area (Å²) in [5.41, 5.74) is 1.16. The smallest absolute Gasteiger partial charge is 0.349 e. The second-order valence-electron chi connectivity index (χ2n) is 4.44. The predicted octanol–water partition coefficient (Wildman–Crippen LogP) is 3.24. The molecule has 0 heterocycles. The summed E-state index contributed by atoms with van der Waals surface area (Å²) in [6.45, 7) is 1.94. The second-order valence-corrected chi connectivity index (χ2v) is 4.44. The minimum absolute atomic E-state index is 0.126. The Labute approximate surface area is 124 Å². The van der Waals surface area contributed by atoms with Crippen molar-refractivity contribution >= 4 is 5.97 Å². The van der Waals surface area contributed by atoms with E-state index < -0.39 is 5.97 Å². The van der Waals surface area contributed by atoms with Gasteiger partial charge < -0.3 is 14.2 Å². The molecule has 0 fully saturated rings. The number of aryl methyl sites for hydroxylation is 1. The third-order valence-electron chi connectivity index (χ3n) is 2.95. The average Bonchev–Trinajstić information content (AvgIpc) is 2.54. The molecule has 2 aromatic carbocycles. The van der Waals surface area contributed by atoms with Gasteiger partial charge in [0.15, 0.2) is 6.61 Å². The second kappa shape index (κ2) is 7.33. The molecule has 0 saturated heterocycles. The molecule has 0 radical (unpaired) electrons. The van der Waals surface area contributed by atoms with E-state index in [1.165, 1.54) is 0 Å². The molecule has 2 rings (SSSR count). The van der Waals surface area contributed by atoms with Crippen LogP contribution in [0.25, 0.3) is 0 Å². The first-order chi connectivity index (χ1) is 10.2. The van der Waals surface area contributed by atoms with E-state index in [4.69, 9.17) is 14.2 Å². The summed E-state index contributed by atoms with van der Waals surface area (Å²) < 4.78 is 15.6. The van der Waals surface area contributed by atoms with Crippen molar-refractivity contribution in [2.75, 3.05) is 13.7 Å². The summed E-state index contributed by atoms with van der Waals surface area (Å²) >= 11 is 0. The monoisotopic (exact) mass is 286 g/mol. The van der Waals surface area contributed by atoms with Crippen LogP contribution in [0.15, 0.2) is 48.5 Å². The third-order valence-corrected chi connectivity index (χ3v) is 2.95. The fourth-order valence-electron chi connectivity index (χ4n) is 1.80. The number of ether oxygens (including phenoxy) is 3. The lowest BCUT2D eigenvalue weighted by atomic mass is 10.2. The highest BCUT2D eigenvalue weighted by atomic mass is 16.6. The van der Waals surface area contributed by atoms with Gasteiger partial charge in [-0.05, 0) is 48.4 Å². The molecule has 0 aliphatic carbocycles. The van der Waals surface area contributed by atoms with Gasteiger partial charge in [0, 0.05) is 0 Å². The van der Waals surface area contributed by atoms with Gasteiger partial charge >= 0.3 is 5.97 Å². The summed E-state index contributed by atoms with van der Waals surface area (Å²) in [5.74, 6) is 1.40. The maximum atomic E-state index is 11.7. The Hall–Kier alpha value is -2.49. The van der Waals surface area contributed by atoms with Crippen molar-refractivity contribution in [1.29, 1.82) is 0 Å². The van der Waals surface area contributed by atoms with Crippen molar-refractivity contribution in [3.8, 4) is 17.2 Å². The largest absolute Gasteiger partial charge is 0.497 e. The molecule has 2 aromatic rings. The lowest BCUT2D eigenvalue weighted by Gasteiger charge is -2.08. The van der Waals surface area contributed by atoms with Crippen LogP contribution in [0.4, 0.5) is 0 Å². The lowest BCUT2D eigenvalue weighted by molar-refractivity contribution is -0.136. The Kier molecular flexibility index (Phi) is 5.21. The van der Waals surface area contributed by atoms with Crippen LogP contribution in [0, 0.1) is 0 Å². The molecular weight excluding hydrogens is 268 g/mol. The first-order valence-electron chi connectivity index (χ1n) is 6.77. The van der Waals surface area contributed by atoms with Crippen LogP contribution >= 0.6 is 0 Å². The third kappa shape index (κ3) is 4.53. The minimum atomic E-state index is -0.443. The molecule has 0 amide bonds. The summed E-state index contributed by atoms with van der Waals surface area (Å²) in [6.07, 6.45) is 0.924. The highest BCUT2D eigenvalue weighted by molar-refractivity contribution is 5.74. The Morgan fingerprint density at radius 2 is 1.71 bits per heavy atom. The summed E-state index contributed by atoms with van der Waals surface area (Å²) in [4.78, 5) is 11.7. The Morgan fingerprint density at radius 1 is 1.00 bits per heavy atom. The molecule has 21 heavy (non-hydrogen) atoms. The molecule has 0 saturated carbocycles. The standard InChI is InChI=1S/C17H18O4/c1-3-13-5-4-6-16(11-13)20-12-17(18)21-15-9-7-14(19-2)8-10-15/h4-11H,3,12H2,1-2H3. The molecule has 0 aliphatic rings. The van der Waals surface area contributed by atoms with Crippen LogP contribution in [0.5, 0.6) is 17.2 Å². The first-order valence-corrected chi connectivity index (χ1v) is 6.77. The molecule has 0 unspecified atom stereocenters. The van der Waals surface area contributed by atoms with E-state index in [1.807, 2.05) is 24.3 Å². The van der Waals surface area contributed by atoms with Crippen molar-refractivity contribution in [2.45, 2.75) is 13.3 Å². The quantitative estimate of drug-likeness (QED) is 0.604. The number of benzene rings is 2. The summed E-state index contributed by atoms with van der Waals surface area (Å²) in [7, 11) is 1.58. The lowest BCUT2D eigenvalue weighted by Crippen LogP contribution is -2.17. The highest BCUT2D eigenvalue weighted by Gasteiger charge is 2.06. The molecule has 0 aliphatic heterocycles. The fraction of sp³-hybridized carbons (Fsp3) is 0.235. The van der Waals surface area contributed by atoms with E-state index in [0.717, 1.165) is 12.0 Å². The van der Waals surface area contributed by atoms with Crippen molar-refractivity contribution in [2.24, 2.45) is 0 Å².